The lowest BCUT2D eigenvalue weighted by molar-refractivity contribution is 0.0699. The number of nitrogens with one attached hydrogen (secondary N) is 1. The number of H-pyrrole nitrogens is 1. The summed E-state index contributed by atoms with van der Waals surface area (Å²) >= 11 is 0. The van der Waals surface area contributed by atoms with Crippen molar-refractivity contribution in [1.82, 2.24) is 4.98 Å². The third-order valence-electron chi connectivity index (χ3n) is 1.76. The van der Waals surface area contributed by atoms with E-state index in [1.807, 2.05) is 0 Å². The number of aromatic amines is 1. The van der Waals surface area contributed by atoms with Crippen molar-refractivity contribution in [2.75, 3.05) is 0 Å². The summed E-state index contributed by atoms with van der Waals surface area (Å²) in [7, 11) is 0. The van der Waals surface area contributed by atoms with Gasteiger partial charge in [0.05, 0.1) is 5.56 Å². The van der Waals surface area contributed by atoms with Crippen LogP contribution in [0, 0.1) is 5.82 Å². The van der Waals surface area contributed by atoms with E-state index in [9.17, 15) is 14.0 Å². The number of carboxylic acids is 1. The predicted octanol–water partition coefficient (Wildman–Crippen LogP) is 0.958. The highest BCUT2D eigenvalue weighted by molar-refractivity contribution is 6.00. The predicted molar refractivity (Wildman–Crippen MR) is 43.8 cm³/mol. The van der Waals surface area contributed by atoms with Crippen LogP contribution in [0.4, 0.5) is 4.39 Å². The number of oxazole rings is 1. The number of hydrogen-bond acceptors (Lipinski definition) is 3. The molecule has 0 atom stereocenters. The van der Waals surface area contributed by atoms with Crippen LogP contribution in [0.2, 0.25) is 0 Å². The largest absolute Gasteiger partial charge is 0.478 e. The maximum absolute atomic E-state index is 13.0. The zero-order valence-corrected chi connectivity index (χ0v) is 6.70. The average molecular weight is 197 g/mol. The summed E-state index contributed by atoms with van der Waals surface area (Å²) in [5.41, 5.74) is -0.704. The molecule has 1 heterocycles. The molecule has 0 bridgehead atoms. The second-order valence-electron chi connectivity index (χ2n) is 2.62. The second-order valence-corrected chi connectivity index (χ2v) is 2.62. The van der Waals surface area contributed by atoms with Crippen LogP contribution in [0.3, 0.4) is 0 Å². The molecule has 1 aromatic carbocycles. The van der Waals surface area contributed by atoms with Gasteiger partial charge in [0.2, 0.25) is 0 Å². The Morgan fingerprint density at radius 2 is 2.21 bits per heavy atom. The monoisotopic (exact) mass is 197 g/mol. The van der Waals surface area contributed by atoms with Gasteiger partial charge in [-0.15, -0.1) is 0 Å². The van der Waals surface area contributed by atoms with Crippen molar-refractivity contribution in [3.63, 3.8) is 0 Å². The van der Waals surface area contributed by atoms with Gasteiger partial charge in [-0.3, -0.25) is 4.98 Å². The van der Waals surface area contributed by atoms with E-state index in [4.69, 9.17) is 5.11 Å². The maximum atomic E-state index is 13.0. The van der Waals surface area contributed by atoms with Crippen LogP contribution >= 0.6 is 0 Å². The maximum Gasteiger partial charge on any atom is 0.417 e. The second kappa shape index (κ2) is 2.69. The van der Waals surface area contributed by atoms with Gasteiger partial charge in [-0.25, -0.2) is 14.0 Å². The first-order valence-electron chi connectivity index (χ1n) is 3.64. The van der Waals surface area contributed by atoms with E-state index in [2.05, 4.69) is 9.40 Å². The first-order chi connectivity index (χ1) is 6.59. The lowest BCUT2D eigenvalue weighted by Crippen LogP contribution is -1.99. The number of aromatic carboxylic acids is 1. The number of carboxylic acid groups (broad SMARTS) is 1. The smallest absolute Gasteiger partial charge is 0.417 e. The molecule has 0 aliphatic carbocycles. The van der Waals surface area contributed by atoms with E-state index in [0.717, 1.165) is 12.1 Å². The fraction of sp³-hybridized carbons (Fsp3) is 0. The minimum absolute atomic E-state index is 0.137. The molecule has 0 amide bonds. The Balaban J connectivity index is 2.94. The van der Waals surface area contributed by atoms with Gasteiger partial charge in [-0.05, 0) is 12.1 Å². The van der Waals surface area contributed by atoms with Crippen LogP contribution in [0.15, 0.2) is 21.3 Å². The number of carbonyl (C=O) groups is 1. The van der Waals surface area contributed by atoms with Gasteiger partial charge < -0.3 is 9.52 Å². The van der Waals surface area contributed by atoms with Gasteiger partial charge in [-0.1, -0.05) is 0 Å². The summed E-state index contributed by atoms with van der Waals surface area (Å²) in [6.45, 7) is 0. The van der Waals surface area contributed by atoms with Gasteiger partial charge in [0, 0.05) is 0 Å². The molecule has 14 heavy (non-hydrogen) atoms. The molecule has 0 aliphatic rings. The molecular formula is C8H4FNO4. The molecule has 2 aromatic rings. The lowest BCUT2D eigenvalue weighted by Gasteiger charge is -1.95. The molecule has 0 fully saturated rings. The van der Waals surface area contributed by atoms with Crippen molar-refractivity contribution in [3.05, 3.63) is 34.1 Å². The zero-order valence-electron chi connectivity index (χ0n) is 6.70. The van der Waals surface area contributed by atoms with E-state index < -0.39 is 17.5 Å². The van der Waals surface area contributed by atoms with Crippen molar-refractivity contribution >= 4 is 17.1 Å². The van der Waals surface area contributed by atoms with E-state index in [0.29, 0.717) is 0 Å². The Kier molecular flexibility index (Phi) is 1.63. The van der Waals surface area contributed by atoms with Gasteiger partial charge in [0.15, 0.2) is 11.4 Å². The topological polar surface area (TPSA) is 83.3 Å². The quantitative estimate of drug-likeness (QED) is 0.713. The summed E-state index contributed by atoms with van der Waals surface area (Å²) in [6, 6.07) is 1.99. The van der Waals surface area contributed by atoms with Gasteiger partial charge in [-0.2, -0.15) is 0 Å². The van der Waals surface area contributed by atoms with E-state index >= 15 is 0 Å². The molecular weight excluding hydrogens is 193 g/mol. The van der Waals surface area contributed by atoms with E-state index in [1.54, 1.807) is 0 Å². The normalized spacial score (nSPS) is 10.6. The Morgan fingerprint density at radius 3 is 2.86 bits per heavy atom. The Bertz CT molecular complexity index is 568. The molecule has 6 heteroatoms. The molecule has 1 aromatic heterocycles. The fourth-order valence-electron chi connectivity index (χ4n) is 1.18. The summed E-state index contributed by atoms with van der Waals surface area (Å²) in [5, 5.41) is 8.70. The van der Waals surface area contributed by atoms with Gasteiger partial charge >= 0.3 is 11.7 Å². The number of benzene rings is 1. The molecule has 0 spiro atoms. The van der Waals surface area contributed by atoms with Crippen molar-refractivity contribution in [2.24, 2.45) is 0 Å². The summed E-state index contributed by atoms with van der Waals surface area (Å²) in [4.78, 5) is 23.5. The van der Waals surface area contributed by atoms with E-state index in [1.165, 1.54) is 0 Å². The van der Waals surface area contributed by atoms with Crippen LogP contribution in [-0.4, -0.2) is 16.1 Å². The molecule has 0 aliphatic heterocycles. The molecule has 0 saturated heterocycles. The fourth-order valence-corrected chi connectivity index (χ4v) is 1.18. The standard InChI is InChI=1S/C8H4FNO4/c9-4-2-1-3(7(11)12)5-6(4)14-8(13)10-5/h1-2H,(H,10,13)(H,11,12). The number of fused-ring (bicyclic) bond motifs is 1. The van der Waals surface area contributed by atoms with Crippen molar-refractivity contribution < 1.29 is 18.7 Å². The average Bonchev–Trinajstić information content (AvgIpc) is 2.47. The molecule has 72 valence electrons. The molecule has 2 N–H and O–H groups in total. The third-order valence-corrected chi connectivity index (χ3v) is 1.76. The Morgan fingerprint density at radius 1 is 1.50 bits per heavy atom. The third kappa shape index (κ3) is 1.08. The minimum Gasteiger partial charge on any atom is -0.478 e. The van der Waals surface area contributed by atoms with E-state index in [-0.39, 0.29) is 16.7 Å². The highest BCUT2D eigenvalue weighted by Crippen LogP contribution is 2.18. The van der Waals surface area contributed by atoms with Crippen LogP contribution in [0.1, 0.15) is 10.4 Å². The zero-order chi connectivity index (χ0) is 10.3. The number of halogens is 1. The molecule has 0 saturated carbocycles. The van der Waals surface area contributed by atoms with Gasteiger partial charge in [0.1, 0.15) is 5.52 Å². The molecule has 5 nitrogen and oxygen atoms in total. The van der Waals surface area contributed by atoms with Crippen LogP contribution in [-0.2, 0) is 0 Å². The van der Waals surface area contributed by atoms with Crippen LogP contribution in [0.25, 0.3) is 11.1 Å². The minimum atomic E-state index is -1.26. The molecule has 0 radical (unpaired) electrons. The highest BCUT2D eigenvalue weighted by Gasteiger charge is 2.15. The summed E-state index contributed by atoms with van der Waals surface area (Å²) in [5.74, 6) is -2.91. The first kappa shape index (κ1) is 8.49. The molecule has 2 rings (SSSR count). The molecule has 0 unspecified atom stereocenters. The summed E-state index contributed by atoms with van der Waals surface area (Å²) < 4.78 is 17.4. The van der Waals surface area contributed by atoms with Crippen LogP contribution in [0.5, 0.6) is 0 Å². The van der Waals surface area contributed by atoms with Gasteiger partial charge in [0.25, 0.3) is 0 Å². The number of hydrogen-bond donors (Lipinski definition) is 2. The summed E-state index contributed by atoms with van der Waals surface area (Å²) in [6.07, 6.45) is 0. The highest BCUT2D eigenvalue weighted by atomic mass is 19.1. The van der Waals surface area contributed by atoms with Crippen molar-refractivity contribution in [1.29, 1.82) is 0 Å². The van der Waals surface area contributed by atoms with Crippen molar-refractivity contribution in [2.45, 2.75) is 0 Å². The van der Waals surface area contributed by atoms with Crippen molar-refractivity contribution in [3.8, 4) is 0 Å². The lowest BCUT2D eigenvalue weighted by atomic mass is 10.2. The number of aromatic nitrogens is 1. The first-order valence-corrected chi connectivity index (χ1v) is 3.64. The van der Waals surface area contributed by atoms with Crippen LogP contribution < -0.4 is 5.76 Å². The Labute approximate surface area is 75.8 Å². The number of rotatable bonds is 1. The Hall–Kier alpha value is -2.11. The SMILES string of the molecule is O=C(O)c1ccc(F)c2oc(=O)[nH]c12.